The minimum atomic E-state index is -0.135. The van der Waals surface area contributed by atoms with E-state index in [0.717, 1.165) is 37.2 Å². The van der Waals surface area contributed by atoms with E-state index >= 15 is 0 Å². The Morgan fingerprint density at radius 2 is 1.92 bits per heavy atom. The molecule has 2 N–H and O–H groups in total. The van der Waals surface area contributed by atoms with Gasteiger partial charge >= 0.3 is 6.03 Å². The van der Waals surface area contributed by atoms with Crippen LogP contribution in [0, 0.1) is 6.92 Å². The minimum absolute atomic E-state index is 0.135. The van der Waals surface area contributed by atoms with Crippen LogP contribution in [0.15, 0.2) is 48.8 Å². The van der Waals surface area contributed by atoms with Crippen molar-refractivity contribution in [1.29, 1.82) is 0 Å². The monoisotopic (exact) mass is 338 g/mol. The molecule has 1 aromatic carbocycles. The number of hydrogen-bond acceptors (Lipinski definition) is 3. The Labute approximate surface area is 149 Å². The lowest BCUT2D eigenvalue weighted by Crippen LogP contribution is -2.46. The molecular weight excluding hydrogens is 312 g/mol. The fourth-order valence-corrected chi connectivity index (χ4v) is 3.33. The number of nitrogens with one attached hydrogen (secondary N) is 2. The fraction of sp³-hybridized carbons (Fsp3) is 0.400. The smallest absolute Gasteiger partial charge is 0.319 e. The van der Waals surface area contributed by atoms with Gasteiger partial charge < -0.3 is 10.6 Å². The van der Waals surface area contributed by atoms with Crippen molar-refractivity contribution < 1.29 is 4.79 Å². The average molecular weight is 338 g/mol. The van der Waals surface area contributed by atoms with Crippen molar-refractivity contribution >= 4 is 11.7 Å². The molecule has 0 bridgehead atoms. The minimum Gasteiger partial charge on any atom is -0.335 e. The maximum absolute atomic E-state index is 12.2. The molecule has 1 saturated heterocycles. The number of carbonyl (C=O) groups excluding carboxylic acids is 1. The van der Waals surface area contributed by atoms with E-state index in [2.05, 4.69) is 57.8 Å². The predicted molar refractivity (Wildman–Crippen MR) is 101 cm³/mol. The topological polar surface area (TPSA) is 57.3 Å². The lowest BCUT2D eigenvalue weighted by atomic mass is 10.0. The number of piperidine rings is 1. The first-order valence-electron chi connectivity index (χ1n) is 8.90. The molecule has 1 aliphatic heterocycles. The van der Waals surface area contributed by atoms with Crippen LogP contribution in [-0.2, 0) is 0 Å². The van der Waals surface area contributed by atoms with E-state index in [1.807, 2.05) is 13.0 Å². The van der Waals surface area contributed by atoms with Gasteiger partial charge in [0.1, 0.15) is 0 Å². The van der Waals surface area contributed by atoms with E-state index < -0.39 is 0 Å². The Bertz CT molecular complexity index is 696. The second kappa shape index (κ2) is 8.12. The summed E-state index contributed by atoms with van der Waals surface area (Å²) in [4.78, 5) is 18.7. The summed E-state index contributed by atoms with van der Waals surface area (Å²) in [5.41, 5.74) is 3.12. The van der Waals surface area contributed by atoms with E-state index in [4.69, 9.17) is 0 Å². The van der Waals surface area contributed by atoms with Crippen molar-refractivity contribution in [1.82, 2.24) is 15.2 Å². The molecule has 0 saturated carbocycles. The van der Waals surface area contributed by atoms with Crippen molar-refractivity contribution in [3.8, 4) is 0 Å². The van der Waals surface area contributed by atoms with Crippen LogP contribution in [0.3, 0.4) is 0 Å². The molecule has 1 fully saturated rings. The zero-order valence-electron chi connectivity index (χ0n) is 14.9. The number of hydrogen-bond donors (Lipinski definition) is 2. The molecule has 1 atom stereocenters. The zero-order chi connectivity index (χ0) is 17.6. The largest absolute Gasteiger partial charge is 0.335 e. The molecule has 0 radical (unpaired) electrons. The summed E-state index contributed by atoms with van der Waals surface area (Å²) >= 11 is 0. The summed E-state index contributed by atoms with van der Waals surface area (Å²) in [6.45, 7) is 6.18. The van der Waals surface area contributed by atoms with Crippen LogP contribution >= 0.6 is 0 Å². The maximum Gasteiger partial charge on any atom is 0.319 e. The summed E-state index contributed by atoms with van der Waals surface area (Å²) < 4.78 is 0. The number of pyridine rings is 1. The van der Waals surface area contributed by atoms with Gasteiger partial charge in [0.05, 0.1) is 0 Å². The molecule has 3 rings (SSSR count). The normalized spacial score (nSPS) is 17.0. The number of anilines is 1. The molecule has 2 heterocycles. The molecule has 2 amide bonds. The van der Waals surface area contributed by atoms with Gasteiger partial charge in [-0.2, -0.15) is 0 Å². The number of amides is 2. The molecule has 5 nitrogen and oxygen atoms in total. The lowest BCUT2D eigenvalue weighted by molar-refractivity contribution is 0.154. The summed E-state index contributed by atoms with van der Waals surface area (Å²) in [7, 11) is 0. The van der Waals surface area contributed by atoms with Crippen LogP contribution in [0.5, 0.6) is 0 Å². The first kappa shape index (κ1) is 17.4. The summed E-state index contributed by atoms with van der Waals surface area (Å²) in [6, 6.07) is 12.9. The molecule has 0 spiro atoms. The summed E-state index contributed by atoms with van der Waals surface area (Å²) in [5, 5.41) is 6.01. The highest BCUT2D eigenvalue weighted by Crippen LogP contribution is 2.24. The van der Waals surface area contributed by atoms with Gasteiger partial charge in [0.15, 0.2) is 0 Å². The average Bonchev–Trinajstić information content (AvgIpc) is 2.64. The van der Waals surface area contributed by atoms with Crippen molar-refractivity contribution in [2.24, 2.45) is 0 Å². The third kappa shape index (κ3) is 4.57. The second-order valence-electron chi connectivity index (χ2n) is 6.69. The van der Waals surface area contributed by atoms with E-state index in [0.29, 0.717) is 6.04 Å². The highest BCUT2D eigenvalue weighted by atomic mass is 16.2. The van der Waals surface area contributed by atoms with Gasteiger partial charge in [0, 0.05) is 43.3 Å². The van der Waals surface area contributed by atoms with Crippen LogP contribution in [0.2, 0.25) is 0 Å². The number of carbonyl (C=O) groups is 1. The number of likely N-dealkylation sites (tertiary alicyclic amines) is 1. The van der Waals surface area contributed by atoms with Crippen molar-refractivity contribution in [3.05, 3.63) is 59.9 Å². The van der Waals surface area contributed by atoms with E-state index in [9.17, 15) is 4.79 Å². The van der Waals surface area contributed by atoms with Gasteiger partial charge in [-0.15, -0.1) is 0 Å². The van der Waals surface area contributed by atoms with Crippen molar-refractivity contribution in [3.63, 3.8) is 0 Å². The van der Waals surface area contributed by atoms with Crippen LogP contribution < -0.4 is 10.6 Å². The molecule has 132 valence electrons. The van der Waals surface area contributed by atoms with Gasteiger partial charge in [-0.3, -0.25) is 9.88 Å². The van der Waals surface area contributed by atoms with Crippen molar-refractivity contribution in [2.75, 3.05) is 18.4 Å². The third-order valence-corrected chi connectivity index (χ3v) is 4.96. The van der Waals surface area contributed by atoms with Gasteiger partial charge in [-0.05, 0) is 43.9 Å². The highest BCUT2D eigenvalue weighted by Gasteiger charge is 2.24. The highest BCUT2D eigenvalue weighted by molar-refractivity contribution is 5.90. The first-order chi connectivity index (χ1) is 12.1. The van der Waals surface area contributed by atoms with Crippen LogP contribution in [-0.4, -0.2) is 35.0 Å². The number of benzene rings is 1. The Kier molecular flexibility index (Phi) is 5.66. The van der Waals surface area contributed by atoms with E-state index in [1.54, 1.807) is 12.4 Å². The molecule has 0 aliphatic carbocycles. The number of nitrogens with zero attached hydrogens (tertiary/aromatic N) is 2. The third-order valence-electron chi connectivity index (χ3n) is 4.96. The first-order valence-corrected chi connectivity index (χ1v) is 8.90. The zero-order valence-corrected chi connectivity index (χ0v) is 14.9. The van der Waals surface area contributed by atoms with Gasteiger partial charge in [-0.25, -0.2) is 4.79 Å². The molecule has 1 unspecified atom stereocenters. The maximum atomic E-state index is 12.2. The lowest BCUT2D eigenvalue weighted by Gasteiger charge is -2.36. The molecule has 2 aromatic rings. The van der Waals surface area contributed by atoms with Crippen LogP contribution in [0.25, 0.3) is 0 Å². The van der Waals surface area contributed by atoms with Crippen LogP contribution in [0.4, 0.5) is 10.5 Å². The standard InChI is InChI=1S/C20H26N4O/c1-15-14-21-11-8-19(15)23-20(25)22-18-9-12-24(13-10-18)16(2)17-6-4-3-5-7-17/h3-8,11,14,16,18H,9-10,12-13H2,1-2H3,(H2,21,22,23,25). The van der Waals surface area contributed by atoms with Crippen molar-refractivity contribution in [2.45, 2.75) is 38.8 Å². The Balaban J connectivity index is 1.48. The Hall–Kier alpha value is -2.40. The SMILES string of the molecule is Cc1cnccc1NC(=O)NC1CCN(C(C)c2ccccc2)CC1. The summed E-state index contributed by atoms with van der Waals surface area (Å²) in [6.07, 6.45) is 5.38. The Morgan fingerprint density at radius 1 is 1.20 bits per heavy atom. The summed E-state index contributed by atoms with van der Waals surface area (Å²) in [5.74, 6) is 0. The molecule has 1 aromatic heterocycles. The number of urea groups is 1. The van der Waals surface area contributed by atoms with E-state index in [-0.39, 0.29) is 12.1 Å². The molecular formula is C20H26N4O. The second-order valence-corrected chi connectivity index (χ2v) is 6.69. The molecule has 5 heteroatoms. The molecule has 1 aliphatic rings. The number of aryl methyl sites for hydroxylation is 1. The Morgan fingerprint density at radius 3 is 2.60 bits per heavy atom. The molecule has 25 heavy (non-hydrogen) atoms. The quantitative estimate of drug-likeness (QED) is 0.893. The van der Waals surface area contributed by atoms with Gasteiger partial charge in [-0.1, -0.05) is 30.3 Å². The van der Waals surface area contributed by atoms with Crippen LogP contribution in [0.1, 0.15) is 36.9 Å². The van der Waals surface area contributed by atoms with Gasteiger partial charge in [0.25, 0.3) is 0 Å². The van der Waals surface area contributed by atoms with Gasteiger partial charge in [0.2, 0.25) is 0 Å². The number of rotatable bonds is 4. The fourth-order valence-electron chi connectivity index (χ4n) is 3.33. The predicted octanol–water partition coefficient (Wildman–Crippen LogP) is 3.74. The van der Waals surface area contributed by atoms with E-state index in [1.165, 1.54) is 5.56 Å². The number of aromatic nitrogens is 1.